The topological polar surface area (TPSA) is 84.7 Å². The molecule has 2 N–H and O–H groups in total. The third-order valence-electron chi connectivity index (χ3n) is 4.69. The highest BCUT2D eigenvalue weighted by molar-refractivity contribution is 5.90. The Bertz CT molecular complexity index is 1150. The van der Waals surface area contributed by atoms with Crippen molar-refractivity contribution in [2.45, 2.75) is 20.4 Å². The minimum atomic E-state index is -0.236. The van der Waals surface area contributed by atoms with E-state index in [1.807, 2.05) is 60.9 Å². The van der Waals surface area contributed by atoms with Crippen LogP contribution in [-0.2, 0) is 6.54 Å². The van der Waals surface area contributed by atoms with E-state index in [1.165, 1.54) is 0 Å². The van der Waals surface area contributed by atoms with Gasteiger partial charge in [0.2, 0.25) is 0 Å². The van der Waals surface area contributed by atoms with Gasteiger partial charge in [0.05, 0.1) is 0 Å². The number of nitrogens with one attached hydrogen (secondary N) is 2. The lowest BCUT2D eigenvalue weighted by Gasteiger charge is -2.12. The summed E-state index contributed by atoms with van der Waals surface area (Å²) in [5.74, 6) is 0.803. The number of anilines is 1. The first kappa shape index (κ1) is 18.6. The van der Waals surface area contributed by atoms with E-state index in [9.17, 15) is 4.79 Å². The van der Waals surface area contributed by atoms with Gasteiger partial charge >= 0.3 is 6.03 Å². The molecule has 0 aliphatic carbocycles. The Morgan fingerprint density at radius 2 is 1.90 bits per heavy atom. The molecule has 0 fully saturated rings. The Balaban J connectivity index is 1.49. The van der Waals surface area contributed by atoms with Crippen LogP contribution in [0.3, 0.4) is 0 Å². The molecule has 3 aromatic heterocycles. The van der Waals surface area contributed by atoms with E-state index in [4.69, 9.17) is 4.98 Å². The maximum atomic E-state index is 12.3. The molecule has 0 atom stereocenters. The molecule has 0 radical (unpaired) electrons. The number of fused-ring (bicyclic) bond motifs is 1. The van der Waals surface area contributed by atoms with Gasteiger partial charge in [0, 0.05) is 42.9 Å². The van der Waals surface area contributed by atoms with Crippen LogP contribution in [0.25, 0.3) is 22.6 Å². The number of carbonyl (C=O) groups excluding carboxylic acids is 1. The Labute approximate surface area is 168 Å². The lowest BCUT2D eigenvalue weighted by molar-refractivity contribution is 0.251. The Morgan fingerprint density at radius 1 is 1.07 bits per heavy atom. The van der Waals surface area contributed by atoms with Crippen LogP contribution in [-0.4, -0.2) is 32.1 Å². The monoisotopic (exact) mass is 386 g/mol. The fourth-order valence-electron chi connectivity index (χ4n) is 3.29. The number of imidazole rings is 1. The summed E-state index contributed by atoms with van der Waals surface area (Å²) in [6, 6.07) is 13.3. The Hall–Kier alpha value is -3.74. The third-order valence-corrected chi connectivity index (χ3v) is 4.69. The highest BCUT2D eigenvalue weighted by atomic mass is 16.2. The molecule has 4 aromatic rings. The first-order valence-electron chi connectivity index (χ1n) is 9.45. The van der Waals surface area contributed by atoms with Gasteiger partial charge in [-0.2, -0.15) is 0 Å². The third kappa shape index (κ3) is 4.08. The highest BCUT2D eigenvalue weighted by Gasteiger charge is 2.13. The van der Waals surface area contributed by atoms with Crippen molar-refractivity contribution in [1.29, 1.82) is 0 Å². The lowest BCUT2D eigenvalue weighted by atomic mass is 10.1. The predicted molar refractivity (Wildman–Crippen MR) is 114 cm³/mol. The van der Waals surface area contributed by atoms with Crippen molar-refractivity contribution in [1.82, 2.24) is 24.8 Å². The number of hydrogen-bond acceptors (Lipinski definition) is 4. The van der Waals surface area contributed by atoms with E-state index in [-0.39, 0.29) is 6.03 Å². The summed E-state index contributed by atoms with van der Waals surface area (Å²) in [4.78, 5) is 25.6. The summed E-state index contributed by atoms with van der Waals surface area (Å²) in [5, 5.41) is 5.82. The molecule has 0 aliphatic heterocycles. The van der Waals surface area contributed by atoms with E-state index in [2.05, 4.69) is 20.6 Å². The van der Waals surface area contributed by atoms with Crippen molar-refractivity contribution in [2.24, 2.45) is 0 Å². The van der Waals surface area contributed by atoms with Crippen LogP contribution >= 0.6 is 0 Å². The molecule has 0 saturated heterocycles. The summed E-state index contributed by atoms with van der Waals surface area (Å²) >= 11 is 0. The second-order valence-corrected chi connectivity index (χ2v) is 6.87. The standard InChI is InChI=1S/C22H22N6O/c1-15-5-6-18(16(2)14-15)27-22(29)25-12-13-28-20(17-7-10-23-11-8-17)26-19-4-3-9-24-21(19)28/h3-11,14H,12-13H2,1-2H3,(H2,25,27,29). The molecular weight excluding hydrogens is 364 g/mol. The minimum Gasteiger partial charge on any atom is -0.336 e. The molecule has 7 nitrogen and oxygen atoms in total. The van der Waals surface area contributed by atoms with Gasteiger partial charge in [-0.15, -0.1) is 0 Å². The van der Waals surface area contributed by atoms with Crippen LogP contribution in [0.5, 0.6) is 0 Å². The zero-order valence-electron chi connectivity index (χ0n) is 16.4. The molecule has 7 heteroatoms. The smallest absolute Gasteiger partial charge is 0.319 e. The number of amides is 2. The molecule has 146 valence electrons. The fourth-order valence-corrected chi connectivity index (χ4v) is 3.29. The molecule has 0 spiro atoms. The first-order chi connectivity index (χ1) is 14.1. The molecule has 0 unspecified atom stereocenters. The number of aromatic nitrogens is 4. The second-order valence-electron chi connectivity index (χ2n) is 6.87. The van der Waals surface area contributed by atoms with Crippen LogP contribution in [0.4, 0.5) is 10.5 Å². The summed E-state index contributed by atoms with van der Waals surface area (Å²) in [6.45, 7) is 5.00. The number of aryl methyl sites for hydroxylation is 2. The van der Waals surface area contributed by atoms with Gasteiger partial charge in [-0.25, -0.2) is 14.8 Å². The van der Waals surface area contributed by atoms with E-state index in [0.717, 1.165) is 39.4 Å². The molecule has 1 aromatic carbocycles. The first-order valence-corrected chi connectivity index (χ1v) is 9.45. The van der Waals surface area contributed by atoms with Crippen LogP contribution in [0.1, 0.15) is 11.1 Å². The normalized spacial score (nSPS) is 10.8. The van der Waals surface area contributed by atoms with Gasteiger partial charge in [-0.05, 0) is 49.7 Å². The average molecular weight is 386 g/mol. The van der Waals surface area contributed by atoms with Crippen LogP contribution < -0.4 is 10.6 Å². The number of rotatable bonds is 5. The summed E-state index contributed by atoms with van der Waals surface area (Å²) < 4.78 is 2.02. The SMILES string of the molecule is Cc1ccc(NC(=O)NCCn2c(-c3ccncc3)nc3cccnc32)c(C)c1. The number of hydrogen-bond donors (Lipinski definition) is 2. The van der Waals surface area contributed by atoms with Crippen molar-refractivity contribution >= 4 is 22.9 Å². The number of benzene rings is 1. The molecule has 4 rings (SSSR count). The van der Waals surface area contributed by atoms with Gasteiger partial charge in [-0.3, -0.25) is 4.98 Å². The van der Waals surface area contributed by atoms with Crippen molar-refractivity contribution in [3.63, 3.8) is 0 Å². The number of nitrogens with zero attached hydrogens (tertiary/aromatic N) is 4. The summed E-state index contributed by atoms with van der Waals surface area (Å²) in [5.41, 5.74) is 5.56. The van der Waals surface area contributed by atoms with Gasteiger partial charge < -0.3 is 15.2 Å². The average Bonchev–Trinajstić information content (AvgIpc) is 3.10. The minimum absolute atomic E-state index is 0.236. The molecule has 3 heterocycles. The molecule has 29 heavy (non-hydrogen) atoms. The molecular formula is C22H22N6O. The van der Waals surface area contributed by atoms with E-state index >= 15 is 0 Å². The quantitative estimate of drug-likeness (QED) is 0.544. The highest BCUT2D eigenvalue weighted by Crippen LogP contribution is 2.22. The van der Waals surface area contributed by atoms with Gasteiger partial charge in [0.25, 0.3) is 0 Å². The van der Waals surface area contributed by atoms with Crippen molar-refractivity contribution in [3.8, 4) is 11.4 Å². The maximum Gasteiger partial charge on any atom is 0.319 e. The lowest BCUT2D eigenvalue weighted by Crippen LogP contribution is -2.31. The van der Waals surface area contributed by atoms with Crippen molar-refractivity contribution in [3.05, 3.63) is 72.2 Å². The van der Waals surface area contributed by atoms with Crippen LogP contribution in [0, 0.1) is 13.8 Å². The van der Waals surface area contributed by atoms with Gasteiger partial charge in [-0.1, -0.05) is 17.7 Å². The number of carbonyl (C=O) groups is 1. The van der Waals surface area contributed by atoms with Crippen LogP contribution in [0.2, 0.25) is 0 Å². The maximum absolute atomic E-state index is 12.3. The molecule has 0 aliphatic rings. The molecule has 0 bridgehead atoms. The number of pyridine rings is 2. The number of urea groups is 1. The summed E-state index contributed by atoms with van der Waals surface area (Å²) in [7, 11) is 0. The molecule has 2 amide bonds. The van der Waals surface area contributed by atoms with Gasteiger partial charge in [0.1, 0.15) is 11.3 Å². The van der Waals surface area contributed by atoms with Crippen molar-refractivity contribution in [2.75, 3.05) is 11.9 Å². The predicted octanol–water partition coefficient (Wildman–Crippen LogP) is 3.93. The van der Waals surface area contributed by atoms with Crippen molar-refractivity contribution < 1.29 is 4.79 Å². The fraction of sp³-hybridized carbons (Fsp3) is 0.182. The van der Waals surface area contributed by atoms with E-state index in [0.29, 0.717) is 13.1 Å². The zero-order chi connectivity index (χ0) is 20.2. The second kappa shape index (κ2) is 8.10. The molecule has 0 saturated carbocycles. The summed E-state index contributed by atoms with van der Waals surface area (Å²) in [6.07, 6.45) is 5.22. The Kier molecular flexibility index (Phi) is 5.20. The van der Waals surface area contributed by atoms with E-state index in [1.54, 1.807) is 18.6 Å². The van der Waals surface area contributed by atoms with Gasteiger partial charge in [0.15, 0.2) is 5.65 Å². The van der Waals surface area contributed by atoms with Crippen LogP contribution in [0.15, 0.2) is 61.1 Å². The Morgan fingerprint density at radius 3 is 2.69 bits per heavy atom. The largest absolute Gasteiger partial charge is 0.336 e. The zero-order valence-corrected chi connectivity index (χ0v) is 16.4. The van der Waals surface area contributed by atoms with E-state index < -0.39 is 0 Å².